The highest BCUT2D eigenvalue weighted by molar-refractivity contribution is 5.99. The molecule has 4 heteroatoms. The van der Waals surface area contributed by atoms with Gasteiger partial charge in [-0.25, -0.2) is 4.39 Å². The van der Waals surface area contributed by atoms with Crippen molar-refractivity contribution in [3.63, 3.8) is 0 Å². The molecule has 1 aliphatic heterocycles. The molecule has 2 aromatic rings. The summed E-state index contributed by atoms with van der Waals surface area (Å²) in [6, 6.07) is 12.8. The van der Waals surface area contributed by atoms with E-state index in [0.29, 0.717) is 16.8 Å². The van der Waals surface area contributed by atoms with Crippen molar-refractivity contribution in [3.05, 3.63) is 65.5 Å². The number of hydrogen-bond donors (Lipinski definition) is 2. The number of aliphatic hydroxyl groups excluding tert-OH is 1. The maximum atomic E-state index is 13.3. The summed E-state index contributed by atoms with van der Waals surface area (Å²) in [6.45, 7) is 0. The van der Waals surface area contributed by atoms with Crippen LogP contribution in [0.1, 0.15) is 23.1 Å². The number of halogens is 1. The maximum absolute atomic E-state index is 13.3. The van der Waals surface area contributed by atoms with Gasteiger partial charge in [-0.2, -0.15) is 0 Å². The average Bonchev–Trinajstić information content (AvgIpc) is 2.39. The number of hydrogen-bond acceptors (Lipinski definition) is 2. The fourth-order valence-electron chi connectivity index (χ4n) is 2.44. The van der Waals surface area contributed by atoms with Gasteiger partial charge in [0.2, 0.25) is 5.91 Å². The van der Waals surface area contributed by atoms with E-state index < -0.39 is 17.8 Å². The Bertz CT molecular complexity index is 642. The average molecular weight is 257 g/mol. The van der Waals surface area contributed by atoms with E-state index in [2.05, 4.69) is 5.32 Å². The van der Waals surface area contributed by atoms with Crippen molar-refractivity contribution >= 4 is 11.6 Å². The van der Waals surface area contributed by atoms with Gasteiger partial charge >= 0.3 is 0 Å². The van der Waals surface area contributed by atoms with Crippen LogP contribution in [0, 0.1) is 5.82 Å². The van der Waals surface area contributed by atoms with Gasteiger partial charge in [0.15, 0.2) is 0 Å². The van der Waals surface area contributed by atoms with Gasteiger partial charge in [0.25, 0.3) is 0 Å². The van der Waals surface area contributed by atoms with Crippen LogP contribution < -0.4 is 5.32 Å². The first-order chi connectivity index (χ1) is 9.16. The number of aliphatic hydroxyl groups is 1. The molecule has 2 unspecified atom stereocenters. The van der Waals surface area contributed by atoms with Crippen molar-refractivity contribution in [1.29, 1.82) is 0 Å². The van der Waals surface area contributed by atoms with Gasteiger partial charge in [-0.15, -0.1) is 0 Å². The van der Waals surface area contributed by atoms with E-state index >= 15 is 0 Å². The molecule has 2 aromatic carbocycles. The largest absolute Gasteiger partial charge is 0.387 e. The highest BCUT2D eigenvalue weighted by Gasteiger charge is 2.35. The molecule has 0 aromatic heterocycles. The quantitative estimate of drug-likeness (QED) is 0.825. The van der Waals surface area contributed by atoms with Crippen LogP contribution >= 0.6 is 0 Å². The summed E-state index contributed by atoms with van der Waals surface area (Å²) in [7, 11) is 0. The molecular formula is C15H12FNO2. The Balaban J connectivity index is 2.06. The van der Waals surface area contributed by atoms with E-state index in [9.17, 15) is 14.3 Å². The predicted molar refractivity (Wildman–Crippen MR) is 69.2 cm³/mol. The monoisotopic (exact) mass is 257 g/mol. The predicted octanol–water partition coefficient (Wildman–Crippen LogP) is 2.60. The zero-order chi connectivity index (χ0) is 13.4. The highest BCUT2D eigenvalue weighted by Crippen LogP contribution is 2.39. The minimum atomic E-state index is -0.966. The number of nitrogens with one attached hydrogen (secondary N) is 1. The number of rotatable bonds is 1. The molecule has 1 heterocycles. The third-order valence-electron chi connectivity index (χ3n) is 3.34. The smallest absolute Gasteiger partial charge is 0.234 e. The lowest BCUT2D eigenvalue weighted by Crippen LogP contribution is -2.31. The highest BCUT2D eigenvalue weighted by atomic mass is 19.1. The molecule has 0 radical (unpaired) electrons. The van der Waals surface area contributed by atoms with Gasteiger partial charge in [-0.3, -0.25) is 4.79 Å². The third-order valence-corrected chi connectivity index (χ3v) is 3.34. The molecule has 96 valence electrons. The van der Waals surface area contributed by atoms with E-state index in [1.807, 2.05) is 0 Å². The number of carbonyl (C=O) groups is 1. The molecule has 2 N–H and O–H groups in total. The standard InChI is InChI=1S/C15H12FNO2/c16-10-5-3-4-9(8-10)13-14(18)11-6-1-2-7-12(11)17-15(13)19/h1-8,13-14,18H,(H,17,19). The Morgan fingerprint density at radius 1 is 1.11 bits per heavy atom. The first kappa shape index (κ1) is 11.9. The summed E-state index contributed by atoms with van der Waals surface area (Å²) in [5.74, 6) is -1.53. The van der Waals surface area contributed by atoms with Gasteiger partial charge in [0.05, 0.1) is 12.0 Å². The van der Waals surface area contributed by atoms with Crippen molar-refractivity contribution < 1.29 is 14.3 Å². The van der Waals surface area contributed by atoms with Crippen LogP contribution in [0.3, 0.4) is 0 Å². The Morgan fingerprint density at radius 2 is 1.89 bits per heavy atom. The van der Waals surface area contributed by atoms with Gasteiger partial charge < -0.3 is 10.4 Å². The number of para-hydroxylation sites is 1. The van der Waals surface area contributed by atoms with Gasteiger partial charge in [-0.1, -0.05) is 30.3 Å². The number of benzene rings is 2. The SMILES string of the molecule is O=C1Nc2ccccc2C(O)C1c1cccc(F)c1. The maximum Gasteiger partial charge on any atom is 0.234 e. The van der Waals surface area contributed by atoms with Gasteiger partial charge in [-0.05, 0) is 23.8 Å². The molecule has 3 nitrogen and oxygen atoms in total. The van der Waals surface area contributed by atoms with Crippen LogP contribution in [0.5, 0.6) is 0 Å². The van der Waals surface area contributed by atoms with Crippen LogP contribution in [-0.4, -0.2) is 11.0 Å². The van der Waals surface area contributed by atoms with E-state index in [0.717, 1.165) is 0 Å². The Hall–Kier alpha value is -2.20. The fraction of sp³-hybridized carbons (Fsp3) is 0.133. The van der Waals surface area contributed by atoms with E-state index in [4.69, 9.17) is 0 Å². The lowest BCUT2D eigenvalue weighted by molar-refractivity contribution is -0.120. The number of fused-ring (bicyclic) bond motifs is 1. The van der Waals surface area contributed by atoms with Crippen LogP contribution in [0.15, 0.2) is 48.5 Å². The van der Waals surface area contributed by atoms with E-state index in [1.54, 1.807) is 30.3 Å². The molecule has 2 atom stereocenters. The molecule has 0 spiro atoms. The molecule has 19 heavy (non-hydrogen) atoms. The molecule has 1 amide bonds. The minimum absolute atomic E-state index is 0.322. The van der Waals surface area contributed by atoms with Gasteiger partial charge in [0.1, 0.15) is 5.82 Å². The molecular weight excluding hydrogens is 245 g/mol. The van der Waals surface area contributed by atoms with Crippen LogP contribution in [0.2, 0.25) is 0 Å². The molecule has 0 bridgehead atoms. The molecule has 0 fully saturated rings. The zero-order valence-electron chi connectivity index (χ0n) is 10.0. The number of carbonyl (C=O) groups excluding carboxylic acids is 1. The molecule has 0 saturated carbocycles. The van der Waals surface area contributed by atoms with Crippen LogP contribution in [0.4, 0.5) is 10.1 Å². The van der Waals surface area contributed by atoms with Crippen molar-refractivity contribution in [3.8, 4) is 0 Å². The Labute approximate surface area is 109 Å². The first-order valence-electron chi connectivity index (χ1n) is 6.00. The number of anilines is 1. The van der Waals surface area contributed by atoms with E-state index in [-0.39, 0.29) is 5.91 Å². The minimum Gasteiger partial charge on any atom is -0.387 e. The summed E-state index contributed by atoms with van der Waals surface area (Å²) in [5.41, 5.74) is 1.73. The first-order valence-corrected chi connectivity index (χ1v) is 6.00. The Morgan fingerprint density at radius 3 is 2.68 bits per heavy atom. The van der Waals surface area contributed by atoms with E-state index in [1.165, 1.54) is 18.2 Å². The Kier molecular flexibility index (Phi) is 2.80. The lowest BCUT2D eigenvalue weighted by Gasteiger charge is -2.29. The second-order valence-corrected chi connectivity index (χ2v) is 4.55. The number of amides is 1. The summed E-state index contributed by atoms with van der Waals surface area (Å²) in [6.07, 6.45) is -0.966. The topological polar surface area (TPSA) is 49.3 Å². The van der Waals surface area contributed by atoms with Crippen molar-refractivity contribution in [2.75, 3.05) is 5.32 Å². The lowest BCUT2D eigenvalue weighted by atomic mass is 9.85. The van der Waals surface area contributed by atoms with Crippen molar-refractivity contribution in [2.45, 2.75) is 12.0 Å². The van der Waals surface area contributed by atoms with Crippen LogP contribution in [0.25, 0.3) is 0 Å². The zero-order valence-corrected chi connectivity index (χ0v) is 10.0. The summed E-state index contributed by atoms with van der Waals surface area (Å²) in [4.78, 5) is 12.1. The third kappa shape index (κ3) is 2.00. The van der Waals surface area contributed by atoms with Crippen molar-refractivity contribution in [2.24, 2.45) is 0 Å². The second kappa shape index (κ2) is 4.48. The summed E-state index contributed by atoms with van der Waals surface area (Å²) in [5, 5.41) is 13.1. The van der Waals surface area contributed by atoms with Gasteiger partial charge in [0, 0.05) is 11.3 Å². The van der Waals surface area contributed by atoms with Crippen molar-refractivity contribution in [1.82, 2.24) is 0 Å². The summed E-state index contributed by atoms with van der Waals surface area (Å²) < 4.78 is 13.3. The summed E-state index contributed by atoms with van der Waals surface area (Å²) >= 11 is 0. The van der Waals surface area contributed by atoms with Crippen LogP contribution in [-0.2, 0) is 4.79 Å². The molecule has 1 aliphatic rings. The molecule has 3 rings (SSSR count). The normalized spacial score (nSPS) is 21.7. The second-order valence-electron chi connectivity index (χ2n) is 4.55. The molecule has 0 aliphatic carbocycles. The molecule has 0 saturated heterocycles. The fourth-order valence-corrected chi connectivity index (χ4v) is 2.44.